The van der Waals surface area contributed by atoms with Crippen LogP contribution in [0.2, 0.25) is 0 Å². The lowest BCUT2D eigenvalue weighted by molar-refractivity contribution is 0.305. The van der Waals surface area contributed by atoms with Gasteiger partial charge in [0.25, 0.3) is 0 Å². The molecule has 0 N–H and O–H groups in total. The molecule has 0 aromatic heterocycles. The summed E-state index contributed by atoms with van der Waals surface area (Å²) >= 11 is 0. The van der Waals surface area contributed by atoms with Crippen molar-refractivity contribution in [1.82, 2.24) is 0 Å². The van der Waals surface area contributed by atoms with Gasteiger partial charge in [0.05, 0.1) is 12.0 Å². The van der Waals surface area contributed by atoms with Crippen molar-refractivity contribution in [1.29, 1.82) is 5.26 Å². The van der Waals surface area contributed by atoms with Gasteiger partial charge in [-0.1, -0.05) is 0 Å². The van der Waals surface area contributed by atoms with Gasteiger partial charge in [0.15, 0.2) is 0 Å². The molecule has 0 saturated carbocycles. The third-order valence-electron chi connectivity index (χ3n) is 0.893. The van der Waals surface area contributed by atoms with Crippen molar-refractivity contribution in [3.05, 3.63) is 0 Å². The van der Waals surface area contributed by atoms with Crippen LogP contribution in [-0.2, 0) is 0 Å². The van der Waals surface area contributed by atoms with Gasteiger partial charge >= 0.3 is 0 Å². The Morgan fingerprint density at radius 1 is 1.57 bits per heavy atom. The summed E-state index contributed by atoms with van der Waals surface area (Å²) < 4.78 is 11.9. The molecular weight excluding hydrogens is 93.1 g/mol. The highest BCUT2D eigenvalue weighted by Gasteiger charge is 2.06. The Morgan fingerprint density at radius 2 is 2.00 bits per heavy atom. The first-order valence-electron chi connectivity index (χ1n) is 2.22. The Kier molecular flexibility index (Phi) is 2.36. The largest absolute Gasteiger partial charge is 0.246 e. The molecule has 0 aromatic rings. The Hall–Kier alpha value is -0.580. The highest BCUT2D eigenvalue weighted by Crippen LogP contribution is 2.02. The van der Waals surface area contributed by atoms with Crippen molar-refractivity contribution in [3.8, 4) is 6.07 Å². The summed E-state index contributed by atoms with van der Waals surface area (Å²) in [5, 5.41) is 8.02. The van der Waals surface area contributed by atoms with Crippen molar-refractivity contribution in [3.63, 3.8) is 0 Å². The zero-order chi connectivity index (χ0) is 5.86. The normalized spacial score (nSPS) is 17.4. The van der Waals surface area contributed by atoms with Crippen molar-refractivity contribution in [2.24, 2.45) is 5.92 Å². The average molecular weight is 101 g/mol. The van der Waals surface area contributed by atoms with Crippen LogP contribution in [0, 0.1) is 17.2 Å². The summed E-state index contributed by atoms with van der Waals surface area (Å²) in [7, 11) is 0. The number of nitriles is 1. The first-order valence-corrected chi connectivity index (χ1v) is 2.22. The maximum Gasteiger partial charge on any atom is 0.113 e. The lowest BCUT2D eigenvalue weighted by Gasteiger charge is -1.98. The van der Waals surface area contributed by atoms with E-state index in [1.165, 1.54) is 6.92 Å². The van der Waals surface area contributed by atoms with Crippen molar-refractivity contribution < 1.29 is 4.39 Å². The summed E-state index contributed by atoms with van der Waals surface area (Å²) in [6.45, 7) is 2.94. The molecule has 0 radical (unpaired) electrons. The molecule has 0 fully saturated rings. The summed E-state index contributed by atoms with van der Waals surface area (Å²) in [6.07, 6.45) is -0.995. The summed E-state index contributed by atoms with van der Waals surface area (Å²) in [4.78, 5) is 0. The highest BCUT2D eigenvalue weighted by molar-refractivity contribution is 4.82. The summed E-state index contributed by atoms with van der Waals surface area (Å²) in [6, 6.07) is 1.79. The molecule has 2 atom stereocenters. The van der Waals surface area contributed by atoms with Gasteiger partial charge in [-0.2, -0.15) is 5.26 Å². The second-order valence-corrected chi connectivity index (χ2v) is 1.60. The zero-order valence-electron chi connectivity index (χ0n) is 4.48. The Morgan fingerprint density at radius 3 is 2.00 bits per heavy atom. The first-order chi connectivity index (χ1) is 3.18. The van der Waals surface area contributed by atoms with Crippen molar-refractivity contribution >= 4 is 0 Å². The van der Waals surface area contributed by atoms with Crippen LogP contribution in [-0.4, -0.2) is 6.17 Å². The van der Waals surface area contributed by atoms with E-state index in [-0.39, 0.29) is 0 Å². The van der Waals surface area contributed by atoms with Gasteiger partial charge in [-0.25, -0.2) is 4.39 Å². The van der Waals surface area contributed by atoms with Crippen molar-refractivity contribution in [2.45, 2.75) is 20.0 Å². The molecule has 0 aromatic carbocycles. The number of rotatable bonds is 1. The molecule has 0 aliphatic rings. The molecule has 0 amide bonds. The Balaban J connectivity index is 3.40. The summed E-state index contributed by atoms with van der Waals surface area (Å²) in [5.74, 6) is -0.458. The van der Waals surface area contributed by atoms with E-state index in [2.05, 4.69) is 0 Å². The van der Waals surface area contributed by atoms with Gasteiger partial charge in [-0.05, 0) is 13.8 Å². The minimum atomic E-state index is -0.995. The molecule has 40 valence electrons. The second-order valence-electron chi connectivity index (χ2n) is 1.60. The molecule has 0 aliphatic heterocycles. The van der Waals surface area contributed by atoms with Crippen molar-refractivity contribution in [2.75, 3.05) is 0 Å². The molecule has 0 rings (SSSR count). The topological polar surface area (TPSA) is 23.8 Å². The SMILES string of the molecule is CC(C#N)[C@@H](C)F. The average Bonchev–Trinajstić information content (AvgIpc) is 1.65. The molecule has 2 heteroatoms. The molecule has 0 spiro atoms. The van der Waals surface area contributed by atoms with E-state index in [1.807, 2.05) is 0 Å². The number of hydrogen-bond acceptors (Lipinski definition) is 1. The fraction of sp³-hybridized carbons (Fsp3) is 0.800. The van der Waals surface area contributed by atoms with Gasteiger partial charge < -0.3 is 0 Å². The van der Waals surface area contributed by atoms with Gasteiger partial charge in [0.1, 0.15) is 6.17 Å². The molecule has 0 aliphatic carbocycles. The fourth-order valence-corrected chi connectivity index (χ4v) is 0.103. The number of halogens is 1. The summed E-state index contributed by atoms with van der Waals surface area (Å²) in [5.41, 5.74) is 0. The molecular formula is C5H8FN. The monoisotopic (exact) mass is 101 g/mol. The number of hydrogen-bond donors (Lipinski definition) is 0. The van der Waals surface area contributed by atoms with E-state index >= 15 is 0 Å². The van der Waals surface area contributed by atoms with Crippen LogP contribution in [0.25, 0.3) is 0 Å². The predicted octanol–water partition coefficient (Wildman–Crippen LogP) is 1.50. The van der Waals surface area contributed by atoms with Crippen LogP contribution >= 0.6 is 0 Å². The Bertz CT molecular complexity index is 82.6. The standard InChI is InChI=1S/C5H8FN/c1-4(3-7)5(2)6/h4-5H,1-2H3/t4?,5-/m1/s1. The minimum Gasteiger partial charge on any atom is -0.246 e. The molecule has 1 nitrogen and oxygen atoms in total. The quantitative estimate of drug-likeness (QED) is 0.491. The van der Waals surface area contributed by atoms with Gasteiger partial charge in [0, 0.05) is 0 Å². The van der Waals surface area contributed by atoms with E-state index in [4.69, 9.17) is 5.26 Å². The maximum absolute atomic E-state index is 11.9. The molecule has 0 bridgehead atoms. The van der Waals surface area contributed by atoms with E-state index in [9.17, 15) is 4.39 Å². The fourth-order valence-electron chi connectivity index (χ4n) is 0.103. The lowest BCUT2D eigenvalue weighted by Crippen LogP contribution is -2.03. The van der Waals surface area contributed by atoms with Crippen LogP contribution in [0.5, 0.6) is 0 Å². The van der Waals surface area contributed by atoms with E-state index in [1.54, 1.807) is 13.0 Å². The molecule has 0 saturated heterocycles. The highest BCUT2D eigenvalue weighted by atomic mass is 19.1. The number of nitrogens with zero attached hydrogens (tertiary/aromatic N) is 1. The molecule has 7 heavy (non-hydrogen) atoms. The van der Waals surface area contributed by atoms with Gasteiger partial charge in [0.2, 0.25) is 0 Å². The first kappa shape index (κ1) is 6.42. The smallest absolute Gasteiger partial charge is 0.113 e. The third-order valence-corrected chi connectivity index (χ3v) is 0.893. The van der Waals surface area contributed by atoms with Gasteiger partial charge in [-0.3, -0.25) is 0 Å². The van der Waals surface area contributed by atoms with Crippen LogP contribution in [0.4, 0.5) is 4.39 Å². The van der Waals surface area contributed by atoms with Crippen LogP contribution in [0.3, 0.4) is 0 Å². The van der Waals surface area contributed by atoms with Crippen LogP contribution in [0.15, 0.2) is 0 Å². The van der Waals surface area contributed by atoms with Crippen LogP contribution < -0.4 is 0 Å². The molecule has 1 unspecified atom stereocenters. The van der Waals surface area contributed by atoms with Crippen LogP contribution in [0.1, 0.15) is 13.8 Å². The second kappa shape index (κ2) is 2.57. The molecule has 0 heterocycles. The minimum absolute atomic E-state index is 0.458. The predicted molar refractivity (Wildman–Crippen MR) is 25.3 cm³/mol. The lowest BCUT2D eigenvalue weighted by atomic mass is 10.1. The third kappa shape index (κ3) is 2.16. The zero-order valence-corrected chi connectivity index (χ0v) is 4.48. The number of alkyl halides is 1. The van der Waals surface area contributed by atoms with Gasteiger partial charge in [-0.15, -0.1) is 0 Å². The van der Waals surface area contributed by atoms with E-state index < -0.39 is 12.1 Å². The Labute approximate surface area is 42.8 Å². The maximum atomic E-state index is 11.9. The van der Waals surface area contributed by atoms with E-state index in [0.29, 0.717) is 0 Å². The van der Waals surface area contributed by atoms with E-state index in [0.717, 1.165) is 0 Å².